The third kappa shape index (κ3) is 5.57. The first-order valence-corrected chi connectivity index (χ1v) is 15.5. The van der Waals surface area contributed by atoms with Crippen LogP contribution in [0, 0.1) is 33.5 Å². The van der Waals surface area contributed by atoms with E-state index in [4.69, 9.17) is 14.2 Å². The molecule has 0 radical (unpaired) electrons. The summed E-state index contributed by atoms with van der Waals surface area (Å²) in [6, 6.07) is 0. The molecule has 4 aliphatic rings. The van der Waals surface area contributed by atoms with Crippen LogP contribution in [0.4, 0.5) is 0 Å². The number of esters is 3. The predicted molar refractivity (Wildman–Crippen MR) is 160 cm³/mol. The van der Waals surface area contributed by atoms with Crippen LogP contribution in [0.2, 0.25) is 0 Å². The van der Waals surface area contributed by atoms with Gasteiger partial charge < -0.3 is 14.2 Å². The van der Waals surface area contributed by atoms with E-state index in [1.807, 2.05) is 0 Å². The lowest BCUT2D eigenvalue weighted by Crippen LogP contribution is -2.60. The highest BCUT2D eigenvalue weighted by atomic mass is 16.6. The molecule has 4 rings (SSSR count). The first kappa shape index (κ1) is 31.6. The van der Waals surface area contributed by atoms with Gasteiger partial charge >= 0.3 is 17.9 Å². The number of hydrogen-bond acceptors (Lipinski definition) is 6. The maximum Gasteiger partial charge on any atom is 0.312 e. The highest BCUT2D eigenvalue weighted by Gasteiger charge is 2.60. The molecule has 0 amide bonds. The topological polar surface area (TPSA) is 78.9 Å². The molecule has 1 unspecified atom stereocenters. The summed E-state index contributed by atoms with van der Waals surface area (Å²) in [4.78, 5) is 37.7. The van der Waals surface area contributed by atoms with Crippen LogP contribution in [0.3, 0.4) is 0 Å². The van der Waals surface area contributed by atoms with Gasteiger partial charge in [-0.2, -0.15) is 0 Å². The van der Waals surface area contributed by atoms with Crippen LogP contribution in [-0.2, 0) is 28.6 Å². The summed E-state index contributed by atoms with van der Waals surface area (Å²) >= 11 is 0. The van der Waals surface area contributed by atoms with Gasteiger partial charge in [0.2, 0.25) is 0 Å². The zero-order valence-electron chi connectivity index (χ0n) is 26.9. The summed E-state index contributed by atoms with van der Waals surface area (Å²) < 4.78 is 17.2. The number of fused-ring (bicyclic) bond motifs is 2. The van der Waals surface area contributed by atoms with Crippen LogP contribution in [-0.4, -0.2) is 37.2 Å². The van der Waals surface area contributed by atoms with Crippen molar-refractivity contribution in [1.29, 1.82) is 0 Å². The fraction of sp³-hybridized carbons (Fsp3) is 0.743. The van der Waals surface area contributed by atoms with E-state index in [2.05, 4.69) is 54.2 Å². The summed E-state index contributed by atoms with van der Waals surface area (Å²) in [6.07, 6.45) is 9.12. The smallest absolute Gasteiger partial charge is 0.312 e. The van der Waals surface area contributed by atoms with Crippen molar-refractivity contribution in [3.05, 3.63) is 34.9 Å². The fourth-order valence-electron chi connectivity index (χ4n) is 9.40. The molecule has 0 aromatic rings. The van der Waals surface area contributed by atoms with Gasteiger partial charge in [0.15, 0.2) is 0 Å². The van der Waals surface area contributed by atoms with Crippen molar-refractivity contribution in [3.63, 3.8) is 0 Å². The van der Waals surface area contributed by atoms with Crippen molar-refractivity contribution >= 4 is 17.9 Å². The number of methoxy groups -OCH3 is 1. The Morgan fingerprint density at radius 3 is 2.22 bits per heavy atom. The van der Waals surface area contributed by atoms with Crippen LogP contribution in [0.25, 0.3) is 0 Å². The fourth-order valence-corrected chi connectivity index (χ4v) is 9.40. The van der Waals surface area contributed by atoms with Gasteiger partial charge in [-0.1, -0.05) is 64.0 Å². The van der Waals surface area contributed by atoms with Gasteiger partial charge in [-0.15, -0.1) is 0 Å². The first-order valence-electron chi connectivity index (χ1n) is 15.5. The molecule has 3 saturated carbocycles. The van der Waals surface area contributed by atoms with Crippen molar-refractivity contribution in [1.82, 2.24) is 0 Å². The van der Waals surface area contributed by atoms with E-state index in [1.165, 1.54) is 37.7 Å². The lowest BCUT2D eigenvalue weighted by molar-refractivity contribution is -0.203. The Bertz CT molecular complexity index is 1170. The van der Waals surface area contributed by atoms with Crippen LogP contribution in [0.15, 0.2) is 34.9 Å². The first-order chi connectivity index (χ1) is 19.0. The van der Waals surface area contributed by atoms with Crippen LogP contribution >= 0.6 is 0 Å². The molecule has 4 aliphatic carbocycles. The van der Waals surface area contributed by atoms with Gasteiger partial charge in [0.25, 0.3) is 0 Å². The average Bonchev–Trinajstić information content (AvgIpc) is 2.85. The van der Waals surface area contributed by atoms with Gasteiger partial charge in [-0.25, -0.2) is 0 Å². The monoisotopic (exact) mass is 568 g/mol. The second-order valence-corrected chi connectivity index (χ2v) is 15.0. The second-order valence-electron chi connectivity index (χ2n) is 15.0. The molecule has 6 heteroatoms. The summed E-state index contributed by atoms with van der Waals surface area (Å²) in [5.74, 6) is -0.405. The SMILES string of the molecule is C=C1CCC2C(C)(C)[C@@H](OC(C)=O)[C@H](OC(C)=O)C[C@]2(C)/C1=C/CC1=C(C)CC[C@@]2(C(=O)OC)CCC(C)(C)C[C@@H]12. The molecule has 0 saturated heterocycles. The summed E-state index contributed by atoms with van der Waals surface area (Å²) in [7, 11) is 1.53. The van der Waals surface area contributed by atoms with E-state index in [0.717, 1.165) is 56.9 Å². The summed E-state index contributed by atoms with van der Waals surface area (Å²) in [5, 5.41) is 0. The average molecular weight is 569 g/mol. The Morgan fingerprint density at radius 1 is 0.951 bits per heavy atom. The molecule has 6 atom stereocenters. The Kier molecular flexibility index (Phi) is 8.50. The molecular formula is C35H52O6. The normalized spacial score (nSPS) is 37.1. The van der Waals surface area contributed by atoms with Gasteiger partial charge in [0.05, 0.1) is 12.5 Å². The van der Waals surface area contributed by atoms with Crippen LogP contribution < -0.4 is 0 Å². The molecule has 0 N–H and O–H groups in total. The number of carbonyl (C=O) groups excluding carboxylic acids is 3. The van der Waals surface area contributed by atoms with E-state index >= 15 is 0 Å². The lowest BCUT2D eigenvalue weighted by Gasteiger charge is -2.59. The highest BCUT2D eigenvalue weighted by molar-refractivity contribution is 5.78. The van der Waals surface area contributed by atoms with E-state index in [0.29, 0.717) is 6.42 Å². The summed E-state index contributed by atoms with van der Waals surface area (Å²) in [5.41, 5.74) is 4.14. The lowest BCUT2D eigenvalue weighted by atomic mass is 9.47. The molecule has 3 fully saturated rings. The standard InChI is InChI=1S/C35H52O6/c1-21-15-16-35(31(38)39-10)18-17-32(5,6)19-27(35)25(21)12-13-26-22(2)11-14-29-33(7,8)30(41-24(4)37)28(40-23(3)36)20-34(26,29)9/h13,27-30H,2,11-12,14-20H2,1,3-10H3/b26-13+/t27-,28+,29?,30-,34+,35+/m0/s1. The quantitative estimate of drug-likeness (QED) is 0.192. The predicted octanol–water partition coefficient (Wildman–Crippen LogP) is 7.66. The minimum Gasteiger partial charge on any atom is -0.469 e. The van der Waals surface area contributed by atoms with Gasteiger partial charge in [0.1, 0.15) is 12.2 Å². The number of hydrogen-bond donors (Lipinski definition) is 0. The Labute approximate surface area is 247 Å². The summed E-state index contributed by atoms with van der Waals surface area (Å²) in [6.45, 7) is 20.8. The Morgan fingerprint density at radius 2 is 1.61 bits per heavy atom. The maximum absolute atomic E-state index is 13.3. The largest absolute Gasteiger partial charge is 0.469 e. The molecule has 228 valence electrons. The van der Waals surface area contributed by atoms with E-state index in [9.17, 15) is 14.4 Å². The van der Waals surface area contributed by atoms with E-state index < -0.39 is 23.0 Å². The zero-order valence-corrected chi connectivity index (χ0v) is 26.9. The molecule has 0 spiro atoms. The molecule has 0 aliphatic heterocycles. The third-order valence-electron chi connectivity index (χ3n) is 11.4. The van der Waals surface area contributed by atoms with Crippen molar-refractivity contribution in [2.75, 3.05) is 7.11 Å². The number of allylic oxidation sites excluding steroid dienone is 5. The number of rotatable bonds is 5. The van der Waals surface area contributed by atoms with Crippen molar-refractivity contribution in [2.45, 2.75) is 125 Å². The molecule has 0 bridgehead atoms. The number of carbonyl (C=O) groups is 3. The van der Waals surface area contributed by atoms with E-state index in [1.54, 1.807) is 0 Å². The zero-order chi connectivity index (χ0) is 30.5. The molecule has 0 aromatic heterocycles. The van der Waals surface area contributed by atoms with Gasteiger partial charge in [-0.05, 0) is 93.0 Å². The maximum atomic E-state index is 13.3. The van der Waals surface area contributed by atoms with Crippen molar-refractivity contribution in [2.24, 2.45) is 33.5 Å². The molecule has 6 nitrogen and oxygen atoms in total. The molecular weight excluding hydrogens is 516 g/mol. The minimum absolute atomic E-state index is 0.0560. The molecule has 0 heterocycles. The van der Waals surface area contributed by atoms with Gasteiger partial charge in [0, 0.05) is 19.3 Å². The molecule has 0 aromatic carbocycles. The number of ether oxygens (including phenoxy) is 3. The van der Waals surface area contributed by atoms with Crippen molar-refractivity contribution in [3.8, 4) is 0 Å². The molecule has 41 heavy (non-hydrogen) atoms. The Hall–Kier alpha value is -2.37. The minimum atomic E-state index is -0.538. The Balaban J connectivity index is 1.75. The third-order valence-corrected chi connectivity index (χ3v) is 11.4. The van der Waals surface area contributed by atoms with Gasteiger partial charge in [-0.3, -0.25) is 14.4 Å². The van der Waals surface area contributed by atoms with Crippen molar-refractivity contribution < 1.29 is 28.6 Å². The van der Waals surface area contributed by atoms with Crippen LogP contribution in [0.1, 0.15) is 113 Å². The van der Waals surface area contributed by atoms with E-state index in [-0.39, 0.29) is 40.6 Å². The van der Waals surface area contributed by atoms with Crippen LogP contribution in [0.5, 0.6) is 0 Å². The second kappa shape index (κ2) is 11.0. The highest BCUT2D eigenvalue weighted by Crippen LogP contribution is 2.63.